The summed E-state index contributed by atoms with van der Waals surface area (Å²) in [6, 6.07) is 14.1. The van der Waals surface area contributed by atoms with Gasteiger partial charge in [-0.3, -0.25) is 19.5 Å². The van der Waals surface area contributed by atoms with Gasteiger partial charge in [-0.15, -0.1) is 0 Å². The van der Waals surface area contributed by atoms with Crippen LogP contribution < -0.4 is 33.8 Å². The SMILES string of the molecule is CCOC(=O)C1=C(C)N=c2s/c(=C\c3cc(OC)c(OCc4cccc([N+](=O)[O-])c4)cc3Br)c(=O)n2[C@@H]1c1ccc(OC(C)C)c(OC)c1. The Bertz CT molecular complexity index is 2140. The molecule has 12 nitrogen and oxygen atoms in total. The summed E-state index contributed by atoms with van der Waals surface area (Å²) in [6.07, 6.45) is 1.61. The summed E-state index contributed by atoms with van der Waals surface area (Å²) in [5, 5.41) is 11.2. The highest BCUT2D eigenvalue weighted by Gasteiger charge is 2.34. The predicted molar refractivity (Wildman–Crippen MR) is 187 cm³/mol. The fourth-order valence-corrected chi connectivity index (χ4v) is 6.78. The Morgan fingerprint density at radius 1 is 1.08 bits per heavy atom. The molecule has 1 aliphatic heterocycles. The molecule has 5 rings (SSSR count). The summed E-state index contributed by atoms with van der Waals surface area (Å²) in [6.45, 7) is 7.47. The number of halogens is 1. The number of rotatable bonds is 12. The first-order chi connectivity index (χ1) is 23.4. The quantitative estimate of drug-likeness (QED) is 0.0990. The molecular formula is C35H34BrN3O9S. The monoisotopic (exact) mass is 751 g/mol. The number of nitrogens with zero attached hydrogens (tertiary/aromatic N) is 3. The molecule has 4 aromatic rings. The molecule has 0 fully saturated rings. The van der Waals surface area contributed by atoms with E-state index in [4.69, 9.17) is 23.7 Å². The largest absolute Gasteiger partial charge is 0.493 e. The van der Waals surface area contributed by atoms with Crippen LogP contribution in [-0.4, -0.2) is 42.4 Å². The summed E-state index contributed by atoms with van der Waals surface area (Å²) in [5.41, 5.74) is 2.14. The second-order valence-electron chi connectivity index (χ2n) is 11.1. The molecule has 256 valence electrons. The van der Waals surface area contributed by atoms with Gasteiger partial charge in [-0.2, -0.15) is 0 Å². The van der Waals surface area contributed by atoms with E-state index in [1.165, 1.54) is 42.3 Å². The highest BCUT2D eigenvalue weighted by Crippen LogP contribution is 2.37. The highest BCUT2D eigenvalue weighted by molar-refractivity contribution is 9.10. The molecular weight excluding hydrogens is 718 g/mol. The van der Waals surface area contributed by atoms with Crippen LogP contribution in [0.15, 0.2) is 80.1 Å². The van der Waals surface area contributed by atoms with Crippen molar-refractivity contribution in [2.45, 2.75) is 46.4 Å². The molecule has 0 unspecified atom stereocenters. The molecule has 1 aliphatic rings. The van der Waals surface area contributed by atoms with Crippen molar-refractivity contribution in [2.75, 3.05) is 20.8 Å². The van der Waals surface area contributed by atoms with Crippen molar-refractivity contribution < 1.29 is 33.4 Å². The summed E-state index contributed by atoms with van der Waals surface area (Å²) >= 11 is 4.77. The Kier molecular flexibility index (Phi) is 10.9. The van der Waals surface area contributed by atoms with Crippen LogP contribution in [0.1, 0.15) is 50.4 Å². The minimum atomic E-state index is -0.845. The van der Waals surface area contributed by atoms with Crippen molar-refractivity contribution >= 4 is 45.0 Å². The molecule has 1 aromatic heterocycles. The minimum absolute atomic E-state index is 0.0332. The van der Waals surface area contributed by atoms with Gasteiger partial charge in [0.05, 0.1) is 53.7 Å². The fourth-order valence-electron chi connectivity index (χ4n) is 5.31. The van der Waals surface area contributed by atoms with Crippen LogP contribution in [-0.2, 0) is 16.1 Å². The number of nitro benzene ring substituents is 1. The first kappa shape index (κ1) is 35.4. The van der Waals surface area contributed by atoms with Crippen molar-refractivity contribution in [2.24, 2.45) is 4.99 Å². The Morgan fingerprint density at radius 2 is 1.82 bits per heavy atom. The third-order valence-corrected chi connectivity index (χ3v) is 9.14. The Hall–Kier alpha value is -4.95. The maximum atomic E-state index is 14.2. The molecule has 0 saturated carbocycles. The lowest BCUT2D eigenvalue weighted by Crippen LogP contribution is -2.40. The second kappa shape index (κ2) is 15.1. The lowest BCUT2D eigenvalue weighted by Gasteiger charge is -2.25. The number of carbonyl (C=O) groups is 1. The van der Waals surface area contributed by atoms with Gasteiger partial charge in [0.2, 0.25) is 0 Å². The van der Waals surface area contributed by atoms with Crippen LogP contribution in [0.4, 0.5) is 5.69 Å². The van der Waals surface area contributed by atoms with E-state index in [-0.39, 0.29) is 36.1 Å². The van der Waals surface area contributed by atoms with E-state index >= 15 is 0 Å². The van der Waals surface area contributed by atoms with Crippen molar-refractivity contribution in [3.63, 3.8) is 0 Å². The minimum Gasteiger partial charge on any atom is -0.493 e. The van der Waals surface area contributed by atoms with Gasteiger partial charge in [0.25, 0.3) is 11.2 Å². The van der Waals surface area contributed by atoms with Gasteiger partial charge in [0, 0.05) is 16.6 Å². The number of nitro groups is 1. The first-order valence-corrected chi connectivity index (χ1v) is 16.8. The molecule has 1 atom stereocenters. The standard InChI is InChI=1S/C35H34BrN3O9S/c1-7-46-34(41)31-20(4)37-35-38(32(31)22-11-12-26(48-19(2)3)27(14-22)44-5)33(40)30(49-35)16-23-15-28(45-6)29(17-25(23)36)47-18-21-9-8-10-24(13-21)39(42)43/h8-17,19,32H,7,18H2,1-6H3/b30-16-/t32-/m1/s1. The maximum Gasteiger partial charge on any atom is 0.338 e. The lowest BCUT2D eigenvalue weighted by molar-refractivity contribution is -0.384. The van der Waals surface area contributed by atoms with E-state index in [0.29, 0.717) is 59.2 Å². The predicted octanol–water partition coefficient (Wildman–Crippen LogP) is 5.85. The number of non-ortho nitro benzene ring substituents is 1. The first-order valence-electron chi connectivity index (χ1n) is 15.2. The van der Waals surface area contributed by atoms with Crippen molar-refractivity contribution in [3.8, 4) is 23.0 Å². The summed E-state index contributed by atoms with van der Waals surface area (Å²) in [7, 11) is 3.02. The van der Waals surface area contributed by atoms with Crippen molar-refractivity contribution in [1.29, 1.82) is 0 Å². The number of fused-ring (bicyclic) bond motifs is 1. The molecule has 0 bridgehead atoms. The number of aromatic nitrogens is 1. The van der Waals surface area contributed by atoms with Crippen molar-refractivity contribution in [3.05, 3.63) is 117 Å². The zero-order valence-corrected chi connectivity index (χ0v) is 30.0. The number of carbonyl (C=O) groups excluding carboxylic acids is 1. The summed E-state index contributed by atoms with van der Waals surface area (Å²) < 4.78 is 31.0. The van der Waals surface area contributed by atoms with Gasteiger partial charge < -0.3 is 23.7 Å². The van der Waals surface area contributed by atoms with Gasteiger partial charge in [-0.1, -0.05) is 45.5 Å². The van der Waals surface area contributed by atoms with E-state index in [2.05, 4.69) is 20.9 Å². The molecule has 0 amide bonds. The summed E-state index contributed by atoms with van der Waals surface area (Å²) in [4.78, 5) is 43.3. The smallest absolute Gasteiger partial charge is 0.338 e. The number of allylic oxidation sites excluding steroid dienone is 1. The second-order valence-corrected chi connectivity index (χ2v) is 13.0. The number of hydrogen-bond donors (Lipinski definition) is 0. The molecule has 0 N–H and O–H groups in total. The molecule has 0 spiro atoms. The Morgan fingerprint density at radius 3 is 2.49 bits per heavy atom. The zero-order valence-electron chi connectivity index (χ0n) is 27.6. The number of ether oxygens (including phenoxy) is 5. The summed E-state index contributed by atoms with van der Waals surface area (Å²) in [5.74, 6) is 1.20. The molecule has 49 heavy (non-hydrogen) atoms. The Balaban J connectivity index is 1.58. The fraction of sp³-hybridized carbons (Fsp3) is 0.286. The molecule has 14 heteroatoms. The number of thiazole rings is 1. The molecule has 0 saturated heterocycles. The van der Waals surface area contributed by atoms with Gasteiger partial charge in [0.1, 0.15) is 6.61 Å². The topological polar surface area (TPSA) is 141 Å². The van der Waals surface area contributed by atoms with Gasteiger partial charge in [0.15, 0.2) is 27.8 Å². The van der Waals surface area contributed by atoms with Crippen LogP contribution in [0.5, 0.6) is 23.0 Å². The molecule has 3 aromatic carbocycles. The highest BCUT2D eigenvalue weighted by atomic mass is 79.9. The average Bonchev–Trinajstić information content (AvgIpc) is 3.37. The van der Waals surface area contributed by atoms with Crippen LogP contribution in [0, 0.1) is 10.1 Å². The average molecular weight is 753 g/mol. The third kappa shape index (κ3) is 7.55. The van der Waals surface area contributed by atoms with Crippen LogP contribution in [0.25, 0.3) is 6.08 Å². The number of benzene rings is 3. The van der Waals surface area contributed by atoms with Crippen LogP contribution in [0.3, 0.4) is 0 Å². The van der Waals surface area contributed by atoms with Gasteiger partial charge in [-0.05, 0) is 74.7 Å². The van der Waals surface area contributed by atoms with Crippen LogP contribution >= 0.6 is 27.3 Å². The zero-order chi connectivity index (χ0) is 35.4. The third-order valence-electron chi connectivity index (χ3n) is 7.47. The maximum absolute atomic E-state index is 14.2. The molecule has 0 radical (unpaired) electrons. The number of esters is 1. The lowest BCUT2D eigenvalue weighted by atomic mass is 9.95. The van der Waals surface area contributed by atoms with Gasteiger partial charge in [-0.25, -0.2) is 9.79 Å². The number of hydrogen-bond acceptors (Lipinski definition) is 11. The normalized spacial score (nSPS) is 14.3. The van der Waals surface area contributed by atoms with E-state index in [1.807, 2.05) is 13.8 Å². The van der Waals surface area contributed by atoms with E-state index in [0.717, 1.165) is 0 Å². The number of methoxy groups -OCH3 is 2. The van der Waals surface area contributed by atoms with Crippen molar-refractivity contribution in [1.82, 2.24) is 4.57 Å². The van der Waals surface area contributed by atoms with Gasteiger partial charge >= 0.3 is 5.97 Å². The Labute approximate surface area is 294 Å². The molecule has 0 aliphatic carbocycles. The van der Waals surface area contributed by atoms with E-state index in [1.54, 1.807) is 62.4 Å². The van der Waals surface area contributed by atoms with E-state index < -0.39 is 16.9 Å². The van der Waals surface area contributed by atoms with Crippen LogP contribution in [0.2, 0.25) is 0 Å². The van der Waals surface area contributed by atoms with E-state index in [9.17, 15) is 19.7 Å². The molecule has 2 heterocycles.